The molecule has 0 aliphatic carbocycles. The van der Waals surface area contributed by atoms with Crippen molar-refractivity contribution in [2.75, 3.05) is 38.3 Å². The molecule has 2 saturated heterocycles. The fourth-order valence-electron chi connectivity index (χ4n) is 6.85. The van der Waals surface area contributed by atoms with Gasteiger partial charge in [-0.25, -0.2) is 28.9 Å². The van der Waals surface area contributed by atoms with E-state index >= 15 is 0 Å². The quantitative estimate of drug-likeness (QED) is 0.0590. The van der Waals surface area contributed by atoms with Crippen molar-refractivity contribution in [1.29, 1.82) is 0 Å². The molecule has 6 rings (SSSR count). The smallest absolute Gasteiger partial charge is 0.351 e. The Balaban J connectivity index is 1.26. The second kappa shape index (κ2) is 19.3. The minimum Gasteiger partial charge on any atom is -0.458 e. The van der Waals surface area contributed by atoms with Crippen LogP contribution >= 0.6 is 15.9 Å². The van der Waals surface area contributed by atoms with Crippen molar-refractivity contribution in [1.82, 2.24) is 39.0 Å². The third-order valence-electron chi connectivity index (χ3n) is 10.3. The van der Waals surface area contributed by atoms with Crippen molar-refractivity contribution < 1.29 is 60.9 Å². The number of esters is 1. The fraction of sp³-hybridized carbons (Fsp3) is 0.486. The van der Waals surface area contributed by atoms with Crippen LogP contribution < -0.4 is 17.2 Å². The molecule has 9 atom stereocenters. The molecule has 330 valence electrons. The monoisotopic (exact) mass is 894 g/mol. The number of imidazole rings is 1. The molecule has 0 spiro atoms. The number of likely N-dealkylation sites (N-methyl/N-ethyl adjacent to an activating group) is 1. The van der Waals surface area contributed by atoms with Crippen molar-refractivity contribution in [2.45, 2.75) is 81.2 Å². The van der Waals surface area contributed by atoms with Crippen LogP contribution in [0.3, 0.4) is 0 Å². The number of allylic oxidation sites excluding steroid dienone is 1. The average Bonchev–Trinajstić information content (AvgIpc) is 3.92. The topological polar surface area (TPSA) is 311 Å². The SMILES string of the molecule is C=CCCC(=O)N(C)[C@@H](COCc1cncc(F)c1)C(=O)OC1C[C@H](n2cnc3c(N)ncnc32)O[C@@H]1COP(=O)(O)[C@]1(C)C[C@H](n2ccc(N)nc2=O)O[C@@H]1CO[PH](=O)O. The number of nitrogens with two attached hydrogens (primary N) is 2. The first-order valence-electron chi connectivity index (χ1n) is 18.7. The molecular formula is C35H45FN10O13P2. The predicted molar refractivity (Wildman–Crippen MR) is 211 cm³/mol. The number of nitrogens with zero attached hydrogens (tertiary/aromatic N) is 8. The van der Waals surface area contributed by atoms with Gasteiger partial charge in [0, 0.05) is 38.7 Å². The van der Waals surface area contributed by atoms with Crippen molar-refractivity contribution in [3.63, 3.8) is 0 Å². The Kier molecular flexibility index (Phi) is 14.4. The van der Waals surface area contributed by atoms with E-state index in [1.165, 1.54) is 55.7 Å². The van der Waals surface area contributed by atoms with E-state index in [1.54, 1.807) is 6.08 Å². The van der Waals surface area contributed by atoms with E-state index in [-0.39, 0.29) is 55.3 Å². The van der Waals surface area contributed by atoms with Gasteiger partial charge in [-0.05, 0) is 31.0 Å². The molecule has 2 fully saturated rings. The first kappa shape index (κ1) is 45.5. The number of pyridine rings is 1. The molecule has 26 heteroatoms. The van der Waals surface area contributed by atoms with Crippen LogP contribution in [-0.4, -0.2) is 117 Å². The number of anilines is 2. The number of carbonyl (C=O) groups excluding carboxylic acids is 2. The van der Waals surface area contributed by atoms with E-state index in [1.807, 2.05) is 0 Å². The highest BCUT2D eigenvalue weighted by Crippen LogP contribution is 2.64. The Morgan fingerprint density at radius 3 is 2.72 bits per heavy atom. The zero-order chi connectivity index (χ0) is 44.1. The lowest BCUT2D eigenvalue weighted by Crippen LogP contribution is -2.48. The number of ether oxygens (including phenoxy) is 4. The summed E-state index contributed by atoms with van der Waals surface area (Å²) in [6.07, 6.45) is 1.73. The summed E-state index contributed by atoms with van der Waals surface area (Å²) in [7, 11) is -7.06. The highest BCUT2D eigenvalue weighted by Gasteiger charge is 2.59. The number of hydrogen-bond donors (Lipinski definition) is 4. The molecule has 0 radical (unpaired) electrons. The predicted octanol–water partition coefficient (Wildman–Crippen LogP) is 1.64. The molecule has 61 heavy (non-hydrogen) atoms. The third-order valence-corrected chi connectivity index (χ3v) is 13.0. The summed E-state index contributed by atoms with van der Waals surface area (Å²) in [5, 5.41) is -1.87. The van der Waals surface area contributed by atoms with Crippen molar-refractivity contribution >= 4 is 50.5 Å². The van der Waals surface area contributed by atoms with Crippen LogP contribution in [0.5, 0.6) is 0 Å². The lowest BCUT2D eigenvalue weighted by Gasteiger charge is -2.33. The largest absolute Gasteiger partial charge is 0.458 e. The molecule has 0 bridgehead atoms. The minimum atomic E-state index is -4.92. The van der Waals surface area contributed by atoms with Crippen LogP contribution in [0, 0.1) is 5.82 Å². The number of nitrogen functional groups attached to an aromatic ring is 2. The summed E-state index contributed by atoms with van der Waals surface area (Å²) in [5.41, 5.74) is 11.7. The molecule has 4 aromatic heterocycles. The van der Waals surface area contributed by atoms with Crippen molar-refractivity contribution in [2.24, 2.45) is 0 Å². The number of rotatable bonds is 19. The summed E-state index contributed by atoms with van der Waals surface area (Å²) in [4.78, 5) is 82.2. The van der Waals surface area contributed by atoms with E-state index in [0.717, 1.165) is 15.7 Å². The Hall–Kier alpha value is -5.03. The molecule has 4 aromatic rings. The maximum Gasteiger partial charge on any atom is 0.351 e. The van der Waals surface area contributed by atoms with Gasteiger partial charge in [-0.1, -0.05) is 6.08 Å². The molecule has 23 nitrogen and oxygen atoms in total. The van der Waals surface area contributed by atoms with Crippen LogP contribution in [0.15, 0.2) is 60.8 Å². The van der Waals surface area contributed by atoms with Crippen LogP contribution in [0.1, 0.15) is 50.6 Å². The number of hydrogen-bond acceptors (Lipinski definition) is 18. The van der Waals surface area contributed by atoms with Gasteiger partial charge in [-0.15, -0.1) is 6.58 Å². The van der Waals surface area contributed by atoms with Crippen LogP contribution in [0.4, 0.5) is 16.0 Å². The molecule has 2 aliphatic rings. The van der Waals surface area contributed by atoms with Crippen molar-refractivity contribution in [3.8, 4) is 0 Å². The first-order chi connectivity index (χ1) is 29.0. The molecule has 3 unspecified atom stereocenters. The second-order valence-corrected chi connectivity index (χ2v) is 17.5. The summed E-state index contributed by atoms with van der Waals surface area (Å²) < 4.78 is 77.0. The van der Waals surface area contributed by atoms with Gasteiger partial charge in [0.25, 0.3) is 0 Å². The Morgan fingerprint density at radius 1 is 1.21 bits per heavy atom. The fourth-order valence-corrected chi connectivity index (χ4v) is 8.68. The summed E-state index contributed by atoms with van der Waals surface area (Å²) in [6.45, 7) is 3.11. The van der Waals surface area contributed by atoms with E-state index < -0.39 is 94.4 Å². The number of fused-ring (bicyclic) bond motifs is 1. The minimum absolute atomic E-state index is 0.0153. The van der Waals surface area contributed by atoms with Gasteiger partial charge >= 0.3 is 27.5 Å². The van der Waals surface area contributed by atoms with Crippen LogP contribution in [0.2, 0.25) is 0 Å². The summed E-state index contributed by atoms with van der Waals surface area (Å²) in [6, 6.07) is 1.19. The molecule has 1 amide bonds. The van der Waals surface area contributed by atoms with Gasteiger partial charge in [0.05, 0.1) is 39.0 Å². The van der Waals surface area contributed by atoms with Gasteiger partial charge in [0.2, 0.25) is 5.91 Å². The number of carbonyl (C=O) groups is 2. The third kappa shape index (κ3) is 10.4. The van der Waals surface area contributed by atoms with Gasteiger partial charge in [0.1, 0.15) is 59.4 Å². The molecule has 2 aliphatic heterocycles. The van der Waals surface area contributed by atoms with Gasteiger partial charge in [-0.3, -0.25) is 28.0 Å². The standard InChI is InChI=1S/C35H45FN10O13P2/c1-4-5-6-27(47)44(3)22(15-54-14-20-9-21(36)13-39-12-20)33(48)58-23-10-28(46-19-42-30-31(38)40-18-41-32(30)46)57-24(23)16-56-61(52,53)35(2)11-29(59-25(35)17-55-60(50)51)45-8-7-26(37)43-34(45)49/h4,7-9,12-13,18-19,22-25,28-29,60H,1,5-6,10-11,14-17H2,2-3H3,(H,50,51)(H,52,53)(H2,37,43,49)(H2,38,40,41)/t22-,23?,24+,25+,28+,29+,35+/m0/s1. The molecule has 6 heterocycles. The first-order valence-corrected chi connectivity index (χ1v) is 21.5. The number of amides is 1. The summed E-state index contributed by atoms with van der Waals surface area (Å²) in [5.74, 6) is -1.96. The Morgan fingerprint density at radius 2 is 2.00 bits per heavy atom. The zero-order valence-corrected chi connectivity index (χ0v) is 34.8. The Bertz CT molecular complexity index is 2370. The van der Waals surface area contributed by atoms with E-state index in [9.17, 15) is 37.7 Å². The van der Waals surface area contributed by atoms with E-state index in [4.69, 9.17) is 39.5 Å². The van der Waals surface area contributed by atoms with Crippen LogP contribution in [-0.2, 0) is 53.3 Å². The van der Waals surface area contributed by atoms with E-state index in [0.29, 0.717) is 12.0 Å². The highest BCUT2D eigenvalue weighted by molar-refractivity contribution is 7.54. The molecular weight excluding hydrogens is 849 g/mol. The normalized spacial score (nSPS) is 24.6. The highest BCUT2D eigenvalue weighted by atomic mass is 31.2. The zero-order valence-electron chi connectivity index (χ0n) is 32.9. The maximum absolute atomic E-state index is 14.4. The van der Waals surface area contributed by atoms with Gasteiger partial charge in [0.15, 0.2) is 17.5 Å². The average molecular weight is 895 g/mol. The number of aromatic nitrogens is 7. The molecule has 0 aromatic carbocycles. The Labute approximate surface area is 347 Å². The lowest BCUT2D eigenvalue weighted by molar-refractivity contribution is -0.164. The summed E-state index contributed by atoms with van der Waals surface area (Å²) >= 11 is 0. The van der Waals surface area contributed by atoms with Gasteiger partial charge < -0.3 is 54.1 Å². The molecule has 6 N–H and O–H groups in total. The number of halogens is 1. The van der Waals surface area contributed by atoms with Crippen LogP contribution in [0.25, 0.3) is 11.2 Å². The lowest BCUT2D eigenvalue weighted by atomic mass is 10.0. The van der Waals surface area contributed by atoms with E-state index in [2.05, 4.69) is 31.5 Å². The van der Waals surface area contributed by atoms with Gasteiger partial charge in [-0.2, -0.15) is 4.98 Å². The molecule has 0 saturated carbocycles. The second-order valence-electron chi connectivity index (χ2n) is 14.4. The van der Waals surface area contributed by atoms with Crippen molar-refractivity contribution in [3.05, 3.63) is 77.9 Å². The maximum atomic E-state index is 14.4.